The SMILES string of the molecule is Cc1cccc(C(=O)NC(C)C(=O)NCCSSCCC(=O)O)c1.O=C(O)C(F)(F)F. The molecule has 1 rings (SSSR count). The zero-order valence-electron chi connectivity index (χ0n) is 16.7. The van der Waals surface area contributed by atoms with Gasteiger partial charge in [-0.3, -0.25) is 14.4 Å². The second-order valence-corrected chi connectivity index (χ2v) is 8.65. The molecule has 174 valence electrons. The lowest BCUT2D eigenvalue weighted by molar-refractivity contribution is -0.192. The normalized spacial score (nSPS) is 11.5. The topological polar surface area (TPSA) is 133 Å². The number of benzene rings is 1. The molecule has 0 aromatic heterocycles. The van der Waals surface area contributed by atoms with Crippen LogP contribution in [0.15, 0.2) is 24.3 Å². The molecule has 0 aliphatic heterocycles. The number of carbonyl (C=O) groups is 4. The second kappa shape index (κ2) is 14.6. The fourth-order valence-corrected chi connectivity index (χ4v) is 3.63. The van der Waals surface area contributed by atoms with Gasteiger partial charge in [0, 0.05) is 23.6 Å². The maximum Gasteiger partial charge on any atom is 0.490 e. The fourth-order valence-electron chi connectivity index (χ4n) is 1.75. The average Bonchev–Trinajstić information content (AvgIpc) is 2.66. The summed E-state index contributed by atoms with van der Waals surface area (Å²) in [6.07, 6.45) is -4.95. The maximum atomic E-state index is 12.1. The van der Waals surface area contributed by atoms with Crippen molar-refractivity contribution in [1.29, 1.82) is 0 Å². The van der Waals surface area contributed by atoms with E-state index in [2.05, 4.69) is 10.6 Å². The molecule has 31 heavy (non-hydrogen) atoms. The molecular weight excluding hydrogens is 461 g/mol. The summed E-state index contributed by atoms with van der Waals surface area (Å²) in [5.74, 6) is -2.87. The van der Waals surface area contributed by atoms with E-state index >= 15 is 0 Å². The van der Waals surface area contributed by atoms with E-state index in [9.17, 15) is 27.6 Å². The lowest BCUT2D eigenvalue weighted by Crippen LogP contribution is -2.45. The maximum absolute atomic E-state index is 12.1. The van der Waals surface area contributed by atoms with Gasteiger partial charge in [-0.05, 0) is 26.0 Å². The smallest absolute Gasteiger partial charge is 0.481 e. The quantitative estimate of drug-likeness (QED) is 0.294. The Labute approximate surface area is 184 Å². The Morgan fingerprint density at radius 2 is 1.68 bits per heavy atom. The van der Waals surface area contributed by atoms with E-state index in [1.54, 1.807) is 25.1 Å². The van der Waals surface area contributed by atoms with Crippen LogP contribution in [0.2, 0.25) is 0 Å². The minimum absolute atomic E-state index is 0.131. The summed E-state index contributed by atoms with van der Waals surface area (Å²) in [5, 5.41) is 21.0. The first kappa shape index (κ1) is 28.6. The Balaban J connectivity index is 0.00000110. The number of aliphatic carboxylic acids is 2. The van der Waals surface area contributed by atoms with E-state index in [4.69, 9.17) is 15.0 Å². The van der Waals surface area contributed by atoms with Crippen molar-refractivity contribution in [1.82, 2.24) is 10.6 Å². The van der Waals surface area contributed by atoms with Gasteiger partial charge in [0.05, 0.1) is 6.42 Å². The number of carbonyl (C=O) groups excluding carboxylic acids is 2. The van der Waals surface area contributed by atoms with Crippen molar-refractivity contribution in [2.45, 2.75) is 32.5 Å². The molecule has 0 spiro atoms. The van der Waals surface area contributed by atoms with E-state index in [0.717, 1.165) is 5.56 Å². The molecule has 0 fully saturated rings. The minimum Gasteiger partial charge on any atom is -0.481 e. The number of amides is 2. The molecule has 0 saturated heterocycles. The number of carboxylic acid groups (broad SMARTS) is 2. The molecule has 1 aromatic rings. The lowest BCUT2D eigenvalue weighted by atomic mass is 10.1. The molecule has 4 N–H and O–H groups in total. The van der Waals surface area contributed by atoms with Gasteiger partial charge in [-0.25, -0.2) is 4.79 Å². The van der Waals surface area contributed by atoms with E-state index in [1.165, 1.54) is 21.6 Å². The predicted octanol–water partition coefficient (Wildman–Crippen LogP) is 2.72. The van der Waals surface area contributed by atoms with Gasteiger partial charge >= 0.3 is 18.1 Å². The number of nitrogens with one attached hydrogen (secondary N) is 2. The summed E-state index contributed by atoms with van der Waals surface area (Å²) in [4.78, 5) is 43.2. The van der Waals surface area contributed by atoms with Crippen molar-refractivity contribution < 1.29 is 42.6 Å². The summed E-state index contributed by atoms with van der Waals surface area (Å²) in [6, 6.07) is 6.55. The first-order valence-corrected chi connectivity index (χ1v) is 11.2. The molecule has 8 nitrogen and oxygen atoms in total. The second-order valence-electron chi connectivity index (χ2n) is 5.95. The molecular formula is C18H23F3N2O6S2. The third-order valence-corrected chi connectivity index (χ3v) is 5.64. The van der Waals surface area contributed by atoms with Gasteiger partial charge in [0.2, 0.25) is 5.91 Å². The van der Waals surface area contributed by atoms with Gasteiger partial charge in [-0.15, -0.1) is 0 Å². The molecule has 1 atom stereocenters. The number of hydrogen-bond donors (Lipinski definition) is 4. The third-order valence-electron chi connectivity index (χ3n) is 3.23. The van der Waals surface area contributed by atoms with Gasteiger partial charge in [-0.1, -0.05) is 39.3 Å². The molecule has 1 unspecified atom stereocenters. The van der Waals surface area contributed by atoms with Crippen molar-refractivity contribution in [3.05, 3.63) is 35.4 Å². The molecule has 1 aromatic carbocycles. The molecule has 0 bridgehead atoms. The molecule has 2 amide bonds. The molecule has 0 heterocycles. The van der Waals surface area contributed by atoms with Gasteiger partial charge in [0.1, 0.15) is 6.04 Å². The number of alkyl halides is 3. The summed E-state index contributed by atoms with van der Waals surface area (Å²) in [5.41, 5.74) is 1.51. The zero-order valence-corrected chi connectivity index (χ0v) is 18.3. The Hall–Kier alpha value is -2.41. The first-order chi connectivity index (χ1) is 14.3. The number of aryl methyl sites for hydroxylation is 1. The predicted molar refractivity (Wildman–Crippen MR) is 112 cm³/mol. The van der Waals surface area contributed by atoms with Crippen molar-refractivity contribution >= 4 is 45.3 Å². The van der Waals surface area contributed by atoms with Gasteiger partial charge < -0.3 is 20.8 Å². The highest BCUT2D eigenvalue weighted by Gasteiger charge is 2.38. The van der Waals surface area contributed by atoms with Crippen LogP contribution in [0, 0.1) is 6.92 Å². The summed E-state index contributed by atoms with van der Waals surface area (Å²) in [6.45, 7) is 4.01. The molecule has 0 saturated carbocycles. The molecule has 13 heteroatoms. The summed E-state index contributed by atoms with van der Waals surface area (Å²) < 4.78 is 31.7. The standard InChI is InChI=1S/C16H22N2O4S2.C2HF3O2/c1-11-4-3-5-13(10-11)16(22)18-12(2)15(21)17-7-9-24-23-8-6-14(19)20;3-2(4,5)1(6)7/h3-5,10,12H,6-9H2,1-2H3,(H,17,21)(H,18,22)(H,19,20);(H,6,7). The van der Waals surface area contributed by atoms with Crippen LogP contribution >= 0.6 is 21.6 Å². The van der Waals surface area contributed by atoms with Crippen LogP contribution in [0.1, 0.15) is 29.3 Å². The van der Waals surface area contributed by atoms with Gasteiger partial charge in [0.25, 0.3) is 5.91 Å². The van der Waals surface area contributed by atoms with Gasteiger partial charge in [0.15, 0.2) is 0 Å². The highest BCUT2D eigenvalue weighted by atomic mass is 33.1. The van der Waals surface area contributed by atoms with Crippen LogP contribution in [0.4, 0.5) is 13.2 Å². The highest BCUT2D eigenvalue weighted by molar-refractivity contribution is 8.76. The Kier molecular flexibility index (Phi) is 13.4. The Morgan fingerprint density at radius 3 is 2.19 bits per heavy atom. The first-order valence-electron chi connectivity index (χ1n) is 8.76. The number of rotatable bonds is 10. The molecule has 0 radical (unpaired) electrons. The van der Waals surface area contributed by atoms with Crippen LogP contribution in [0.3, 0.4) is 0 Å². The zero-order chi connectivity index (χ0) is 24.0. The van der Waals surface area contributed by atoms with Crippen LogP contribution in [-0.4, -0.2) is 64.2 Å². The van der Waals surface area contributed by atoms with Crippen molar-refractivity contribution in [3.8, 4) is 0 Å². The van der Waals surface area contributed by atoms with E-state index in [-0.39, 0.29) is 18.2 Å². The summed E-state index contributed by atoms with van der Waals surface area (Å²) >= 11 is 0. The fraction of sp³-hybridized carbons (Fsp3) is 0.444. The van der Waals surface area contributed by atoms with Crippen molar-refractivity contribution in [2.75, 3.05) is 18.1 Å². The van der Waals surface area contributed by atoms with Crippen LogP contribution in [0.25, 0.3) is 0 Å². The third kappa shape index (κ3) is 14.3. The van der Waals surface area contributed by atoms with Crippen LogP contribution in [-0.2, 0) is 14.4 Å². The summed E-state index contributed by atoms with van der Waals surface area (Å²) in [7, 11) is 2.98. The molecule has 0 aliphatic carbocycles. The number of hydrogen-bond acceptors (Lipinski definition) is 6. The van der Waals surface area contributed by atoms with Crippen molar-refractivity contribution in [3.63, 3.8) is 0 Å². The monoisotopic (exact) mass is 484 g/mol. The molecule has 0 aliphatic rings. The Morgan fingerprint density at radius 1 is 1.10 bits per heavy atom. The minimum atomic E-state index is -5.08. The van der Waals surface area contributed by atoms with Crippen LogP contribution in [0.5, 0.6) is 0 Å². The van der Waals surface area contributed by atoms with Gasteiger partial charge in [-0.2, -0.15) is 13.2 Å². The van der Waals surface area contributed by atoms with E-state index in [1.807, 2.05) is 13.0 Å². The van der Waals surface area contributed by atoms with E-state index in [0.29, 0.717) is 23.6 Å². The average molecular weight is 485 g/mol. The number of carboxylic acids is 2. The lowest BCUT2D eigenvalue weighted by Gasteiger charge is -2.14. The largest absolute Gasteiger partial charge is 0.490 e. The number of halogens is 3. The van der Waals surface area contributed by atoms with Crippen LogP contribution < -0.4 is 10.6 Å². The Bertz CT molecular complexity index is 762. The van der Waals surface area contributed by atoms with Crippen molar-refractivity contribution in [2.24, 2.45) is 0 Å². The highest BCUT2D eigenvalue weighted by Crippen LogP contribution is 2.20. The van der Waals surface area contributed by atoms with E-state index < -0.39 is 24.2 Å².